The van der Waals surface area contributed by atoms with Crippen LogP contribution in [0.5, 0.6) is 5.75 Å². The highest BCUT2D eigenvalue weighted by Gasteiger charge is 2.37. The predicted octanol–water partition coefficient (Wildman–Crippen LogP) is 2.71. The van der Waals surface area contributed by atoms with E-state index in [-0.39, 0.29) is 12.1 Å². The molecule has 3 atom stereocenters. The van der Waals surface area contributed by atoms with E-state index in [1.807, 2.05) is 18.2 Å². The third kappa shape index (κ3) is 3.40. The first kappa shape index (κ1) is 16.1. The van der Waals surface area contributed by atoms with Crippen LogP contribution in [0.25, 0.3) is 0 Å². The first-order chi connectivity index (χ1) is 10.7. The molecule has 1 saturated heterocycles. The van der Waals surface area contributed by atoms with Crippen molar-refractivity contribution in [2.24, 2.45) is 5.92 Å². The van der Waals surface area contributed by atoms with Crippen LogP contribution in [0.2, 0.25) is 5.02 Å². The Morgan fingerprint density at radius 2 is 2.27 bits per heavy atom. The van der Waals surface area contributed by atoms with Gasteiger partial charge < -0.3 is 14.6 Å². The lowest BCUT2D eigenvalue weighted by Crippen LogP contribution is -2.50. The maximum absolute atomic E-state index is 10.2. The second kappa shape index (κ2) is 7.18. The summed E-state index contributed by atoms with van der Waals surface area (Å²) in [5.41, 5.74) is 1.13. The number of methoxy groups -OCH3 is 1. The highest BCUT2D eigenvalue weighted by atomic mass is 35.5. The van der Waals surface area contributed by atoms with Crippen LogP contribution in [0.15, 0.2) is 18.2 Å². The van der Waals surface area contributed by atoms with Crippen LogP contribution < -0.4 is 4.74 Å². The minimum Gasteiger partial charge on any atom is -0.496 e. The summed E-state index contributed by atoms with van der Waals surface area (Å²) in [4.78, 5) is 2.43. The van der Waals surface area contributed by atoms with Crippen molar-refractivity contribution in [1.82, 2.24) is 4.90 Å². The van der Waals surface area contributed by atoms with Crippen LogP contribution in [-0.4, -0.2) is 49.0 Å². The number of aliphatic hydroxyl groups is 1. The summed E-state index contributed by atoms with van der Waals surface area (Å²) in [7, 11) is 1.67. The lowest BCUT2D eigenvalue weighted by molar-refractivity contribution is -0.0538. The molecule has 1 saturated carbocycles. The molecule has 1 aliphatic heterocycles. The van der Waals surface area contributed by atoms with Crippen LogP contribution >= 0.6 is 11.6 Å². The number of morpholine rings is 1. The largest absolute Gasteiger partial charge is 0.496 e. The fourth-order valence-corrected chi connectivity index (χ4v) is 3.90. The Morgan fingerprint density at radius 3 is 3.00 bits per heavy atom. The molecule has 2 fully saturated rings. The van der Waals surface area contributed by atoms with Crippen LogP contribution in [0, 0.1) is 5.92 Å². The molecular formula is C17H24ClNO3. The van der Waals surface area contributed by atoms with Crippen molar-refractivity contribution < 1.29 is 14.6 Å². The Bertz CT molecular complexity index is 511. The van der Waals surface area contributed by atoms with E-state index in [2.05, 4.69) is 4.90 Å². The van der Waals surface area contributed by atoms with Gasteiger partial charge in [0, 0.05) is 35.6 Å². The van der Waals surface area contributed by atoms with Gasteiger partial charge in [-0.25, -0.2) is 0 Å². The zero-order valence-electron chi connectivity index (χ0n) is 13.0. The summed E-state index contributed by atoms with van der Waals surface area (Å²) >= 11 is 6.04. The third-order valence-corrected chi connectivity index (χ3v) is 5.16. The van der Waals surface area contributed by atoms with Gasteiger partial charge in [0.15, 0.2) is 0 Å². The fraction of sp³-hybridized carbons (Fsp3) is 0.647. The Hall–Kier alpha value is -0.810. The maximum atomic E-state index is 10.2. The fourth-order valence-electron chi connectivity index (χ4n) is 3.73. The number of hydrogen-bond acceptors (Lipinski definition) is 4. The second-order valence-electron chi connectivity index (χ2n) is 6.23. The van der Waals surface area contributed by atoms with E-state index in [9.17, 15) is 5.11 Å². The molecule has 2 aliphatic rings. The molecule has 0 radical (unpaired) electrons. The minimum absolute atomic E-state index is 0.193. The van der Waals surface area contributed by atoms with Gasteiger partial charge in [-0.2, -0.15) is 0 Å². The molecule has 1 aromatic rings. The maximum Gasteiger partial charge on any atom is 0.124 e. The SMILES string of the molecule is COc1cc(Cl)ccc1CN1CCOC[C@@H]1[C@@H]1CCC[C@@H]1O. The molecule has 4 nitrogen and oxygen atoms in total. The van der Waals surface area contributed by atoms with Gasteiger partial charge in [0.1, 0.15) is 5.75 Å². The monoisotopic (exact) mass is 325 g/mol. The molecule has 22 heavy (non-hydrogen) atoms. The van der Waals surface area contributed by atoms with Gasteiger partial charge in [-0.15, -0.1) is 0 Å². The molecular weight excluding hydrogens is 302 g/mol. The lowest BCUT2D eigenvalue weighted by Gasteiger charge is -2.40. The van der Waals surface area contributed by atoms with Crippen molar-refractivity contribution in [2.75, 3.05) is 26.9 Å². The average Bonchev–Trinajstić information content (AvgIpc) is 2.95. The number of hydrogen-bond donors (Lipinski definition) is 1. The summed E-state index contributed by atoms with van der Waals surface area (Å²) in [5.74, 6) is 1.14. The Morgan fingerprint density at radius 1 is 1.41 bits per heavy atom. The third-order valence-electron chi connectivity index (χ3n) is 4.93. The summed E-state index contributed by atoms with van der Waals surface area (Å²) in [6, 6.07) is 6.07. The van der Waals surface area contributed by atoms with Crippen LogP contribution in [0.4, 0.5) is 0 Å². The molecule has 5 heteroatoms. The van der Waals surface area contributed by atoms with Gasteiger partial charge in [0.2, 0.25) is 0 Å². The van der Waals surface area contributed by atoms with Crippen molar-refractivity contribution in [2.45, 2.75) is 38.0 Å². The van der Waals surface area contributed by atoms with Gasteiger partial charge in [0.05, 0.1) is 26.4 Å². The smallest absolute Gasteiger partial charge is 0.124 e. The second-order valence-corrected chi connectivity index (χ2v) is 6.67. The van der Waals surface area contributed by atoms with E-state index in [1.54, 1.807) is 7.11 Å². The zero-order valence-corrected chi connectivity index (χ0v) is 13.8. The Kier molecular flexibility index (Phi) is 5.24. The van der Waals surface area contributed by atoms with Crippen molar-refractivity contribution in [1.29, 1.82) is 0 Å². The van der Waals surface area contributed by atoms with E-state index < -0.39 is 0 Å². The number of halogens is 1. The number of rotatable bonds is 4. The summed E-state index contributed by atoms with van der Waals surface area (Å²) in [6.07, 6.45) is 2.92. The first-order valence-corrected chi connectivity index (χ1v) is 8.39. The summed E-state index contributed by atoms with van der Waals surface area (Å²) in [5, 5.41) is 10.9. The van der Waals surface area contributed by atoms with Crippen LogP contribution in [0.3, 0.4) is 0 Å². The molecule has 122 valence electrons. The average molecular weight is 326 g/mol. The van der Waals surface area contributed by atoms with E-state index in [1.165, 1.54) is 0 Å². The van der Waals surface area contributed by atoms with Gasteiger partial charge in [-0.1, -0.05) is 24.1 Å². The van der Waals surface area contributed by atoms with E-state index in [4.69, 9.17) is 21.1 Å². The van der Waals surface area contributed by atoms with Gasteiger partial charge >= 0.3 is 0 Å². The quantitative estimate of drug-likeness (QED) is 0.924. The van der Waals surface area contributed by atoms with Crippen LogP contribution in [-0.2, 0) is 11.3 Å². The number of aliphatic hydroxyl groups excluding tert-OH is 1. The lowest BCUT2D eigenvalue weighted by atomic mass is 9.94. The molecule has 1 N–H and O–H groups in total. The molecule has 0 aromatic heterocycles. The van der Waals surface area contributed by atoms with Gasteiger partial charge in [-0.05, 0) is 25.0 Å². The Balaban J connectivity index is 1.77. The molecule has 0 unspecified atom stereocenters. The Labute approximate surface area is 137 Å². The highest BCUT2D eigenvalue weighted by molar-refractivity contribution is 6.30. The van der Waals surface area contributed by atoms with Crippen molar-refractivity contribution >= 4 is 11.6 Å². The normalized spacial score (nSPS) is 29.7. The predicted molar refractivity (Wildman–Crippen MR) is 86.4 cm³/mol. The molecule has 0 spiro atoms. The molecule has 0 bridgehead atoms. The number of nitrogens with zero attached hydrogens (tertiary/aromatic N) is 1. The molecule has 1 aliphatic carbocycles. The summed E-state index contributed by atoms with van der Waals surface area (Å²) < 4.78 is 11.1. The van der Waals surface area contributed by atoms with Crippen molar-refractivity contribution in [3.63, 3.8) is 0 Å². The topological polar surface area (TPSA) is 41.9 Å². The van der Waals surface area contributed by atoms with E-state index in [0.717, 1.165) is 50.3 Å². The minimum atomic E-state index is -0.193. The van der Waals surface area contributed by atoms with Crippen molar-refractivity contribution in [3.05, 3.63) is 28.8 Å². The first-order valence-electron chi connectivity index (χ1n) is 8.01. The van der Waals surface area contributed by atoms with Crippen LogP contribution in [0.1, 0.15) is 24.8 Å². The number of ether oxygens (including phenoxy) is 2. The van der Waals surface area contributed by atoms with Crippen molar-refractivity contribution in [3.8, 4) is 5.75 Å². The summed E-state index contributed by atoms with van der Waals surface area (Å²) in [6.45, 7) is 3.14. The highest BCUT2D eigenvalue weighted by Crippen LogP contribution is 2.34. The van der Waals surface area contributed by atoms with Gasteiger partial charge in [-0.3, -0.25) is 4.90 Å². The van der Waals surface area contributed by atoms with E-state index >= 15 is 0 Å². The number of benzene rings is 1. The molecule has 1 heterocycles. The standard InChI is InChI=1S/C17H24ClNO3/c1-21-17-9-13(18)6-5-12(17)10-19-7-8-22-11-15(19)14-3-2-4-16(14)20/h5-6,9,14-16,20H,2-4,7-8,10-11H2,1H3/t14-,15+,16-/m0/s1. The van der Waals surface area contributed by atoms with E-state index in [0.29, 0.717) is 17.5 Å². The molecule has 3 rings (SSSR count). The molecule has 0 amide bonds. The zero-order chi connectivity index (χ0) is 15.5. The van der Waals surface area contributed by atoms with Gasteiger partial charge in [0.25, 0.3) is 0 Å². The molecule has 1 aromatic carbocycles.